The first-order valence-corrected chi connectivity index (χ1v) is 6.39. The third-order valence-corrected chi connectivity index (χ3v) is 3.56. The number of amides is 1. The van der Waals surface area contributed by atoms with Crippen molar-refractivity contribution < 1.29 is 4.79 Å². The summed E-state index contributed by atoms with van der Waals surface area (Å²) in [6.07, 6.45) is 2.03. The van der Waals surface area contributed by atoms with E-state index in [2.05, 4.69) is 15.3 Å². The van der Waals surface area contributed by atoms with Gasteiger partial charge in [-0.05, 0) is 18.9 Å². The summed E-state index contributed by atoms with van der Waals surface area (Å²) in [4.78, 5) is 42.3. The van der Waals surface area contributed by atoms with Gasteiger partial charge in [-0.15, -0.1) is 0 Å². The molecule has 2 aromatic rings. The maximum atomic E-state index is 12.0. The molecule has 1 saturated carbocycles. The second kappa shape index (κ2) is 4.29. The first-order chi connectivity index (χ1) is 9.52. The van der Waals surface area contributed by atoms with E-state index in [1.165, 1.54) is 18.7 Å². The van der Waals surface area contributed by atoms with Crippen LogP contribution in [0.5, 0.6) is 0 Å². The number of aromatic amines is 1. The summed E-state index contributed by atoms with van der Waals surface area (Å²) < 4.78 is 1.26. The fourth-order valence-electron chi connectivity index (χ4n) is 2.26. The Morgan fingerprint density at radius 2 is 2.15 bits per heavy atom. The van der Waals surface area contributed by atoms with Gasteiger partial charge in [0.2, 0.25) is 0 Å². The van der Waals surface area contributed by atoms with E-state index in [4.69, 9.17) is 0 Å². The number of nitrogens with zero attached hydrogens (tertiary/aromatic N) is 2. The number of carbonyl (C=O) groups excluding carboxylic acids is 1. The molecule has 1 fully saturated rings. The fourth-order valence-corrected chi connectivity index (χ4v) is 2.26. The highest BCUT2D eigenvalue weighted by Gasteiger charge is 2.28. The molecule has 0 bridgehead atoms. The van der Waals surface area contributed by atoms with Crippen molar-refractivity contribution in [2.75, 3.05) is 7.05 Å². The number of nitrogens with one attached hydrogen (secondary N) is 2. The number of H-pyrrole nitrogens is 1. The zero-order valence-electron chi connectivity index (χ0n) is 11.2. The van der Waals surface area contributed by atoms with Gasteiger partial charge < -0.3 is 5.32 Å². The number of rotatable bonds is 2. The lowest BCUT2D eigenvalue weighted by Gasteiger charge is -2.09. The van der Waals surface area contributed by atoms with Crippen LogP contribution in [0, 0.1) is 0 Å². The van der Waals surface area contributed by atoms with Crippen LogP contribution < -0.4 is 16.6 Å². The van der Waals surface area contributed by atoms with Crippen molar-refractivity contribution in [2.24, 2.45) is 7.05 Å². The van der Waals surface area contributed by atoms with Crippen LogP contribution in [0.1, 0.15) is 34.8 Å². The van der Waals surface area contributed by atoms with Gasteiger partial charge in [0.25, 0.3) is 11.5 Å². The number of aryl methyl sites for hydroxylation is 1. The van der Waals surface area contributed by atoms with Gasteiger partial charge in [-0.3, -0.25) is 19.1 Å². The first kappa shape index (κ1) is 12.6. The Morgan fingerprint density at radius 3 is 2.75 bits per heavy atom. The fraction of sp³-hybridized carbons (Fsp3) is 0.385. The van der Waals surface area contributed by atoms with E-state index >= 15 is 0 Å². The average molecular weight is 274 g/mol. The molecule has 0 aromatic carbocycles. The zero-order chi connectivity index (χ0) is 14.4. The highest BCUT2D eigenvalue weighted by Crippen LogP contribution is 2.39. The maximum Gasteiger partial charge on any atom is 0.329 e. The van der Waals surface area contributed by atoms with Gasteiger partial charge in [-0.1, -0.05) is 0 Å². The Bertz CT molecular complexity index is 830. The summed E-state index contributed by atoms with van der Waals surface area (Å²) in [5, 5.41) is 2.66. The normalized spacial score (nSPS) is 14.5. The third kappa shape index (κ3) is 1.82. The molecule has 0 saturated heterocycles. The summed E-state index contributed by atoms with van der Waals surface area (Å²) in [6.45, 7) is 0. The summed E-state index contributed by atoms with van der Waals surface area (Å²) in [5.41, 5.74) is 0.150. The number of hydrogen-bond donors (Lipinski definition) is 2. The van der Waals surface area contributed by atoms with Crippen LogP contribution in [0.15, 0.2) is 15.7 Å². The molecule has 7 heteroatoms. The molecule has 0 radical (unpaired) electrons. The molecule has 0 spiro atoms. The van der Waals surface area contributed by atoms with Crippen molar-refractivity contribution in [1.29, 1.82) is 0 Å². The van der Waals surface area contributed by atoms with Gasteiger partial charge in [0.1, 0.15) is 5.65 Å². The predicted molar refractivity (Wildman–Crippen MR) is 73.0 cm³/mol. The summed E-state index contributed by atoms with van der Waals surface area (Å²) in [6, 6.07) is 1.65. The lowest BCUT2D eigenvalue weighted by Crippen LogP contribution is -2.31. The molecule has 1 amide bonds. The second-order valence-corrected chi connectivity index (χ2v) is 4.96. The highest BCUT2D eigenvalue weighted by molar-refractivity contribution is 6.05. The van der Waals surface area contributed by atoms with Crippen LogP contribution in [-0.4, -0.2) is 27.5 Å². The molecule has 1 aliphatic rings. The molecule has 7 nitrogen and oxygen atoms in total. The SMILES string of the molecule is CNC(=O)c1cc(C2CC2)nc2c1c(=O)[nH]c(=O)n2C. The minimum Gasteiger partial charge on any atom is -0.355 e. The average Bonchev–Trinajstić information content (AvgIpc) is 3.27. The number of pyridine rings is 1. The monoisotopic (exact) mass is 274 g/mol. The molecule has 0 unspecified atom stereocenters. The quantitative estimate of drug-likeness (QED) is 0.796. The van der Waals surface area contributed by atoms with E-state index in [0.29, 0.717) is 5.92 Å². The topological polar surface area (TPSA) is 96.8 Å². The van der Waals surface area contributed by atoms with Crippen LogP contribution in [0.25, 0.3) is 11.0 Å². The largest absolute Gasteiger partial charge is 0.355 e. The predicted octanol–water partition coefficient (Wildman–Crippen LogP) is -0.141. The lowest BCUT2D eigenvalue weighted by atomic mass is 10.1. The van der Waals surface area contributed by atoms with E-state index in [9.17, 15) is 14.4 Å². The summed E-state index contributed by atoms with van der Waals surface area (Å²) in [5.74, 6) is -0.0411. The van der Waals surface area contributed by atoms with Crippen LogP contribution in [0.4, 0.5) is 0 Å². The van der Waals surface area contributed by atoms with Gasteiger partial charge in [0.15, 0.2) is 0 Å². The Morgan fingerprint density at radius 1 is 1.45 bits per heavy atom. The summed E-state index contributed by atoms with van der Waals surface area (Å²) in [7, 11) is 3.03. The molecule has 0 atom stereocenters. The molecule has 2 heterocycles. The minimum absolute atomic E-state index is 0.149. The van der Waals surface area contributed by atoms with Crippen molar-refractivity contribution in [2.45, 2.75) is 18.8 Å². The van der Waals surface area contributed by atoms with E-state index in [-0.39, 0.29) is 22.5 Å². The molecule has 0 aliphatic heterocycles. The molecule has 2 aromatic heterocycles. The lowest BCUT2D eigenvalue weighted by molar-refractivity contribution is 0.0964. The number of carbonyl (C=O) groups is 1. The molecule has 3 rings (SSSR count). The van der Waals surface area contributed by atoms with E-state index in [1.54, 1.807) is 6.07 Å². The van der Waals surface area contributed by atoms with Crippen molar-refractivity contribution in [3.63, 3.8) is 0 Å². The van der Waals surface area contributed by atoms with Gasteiger partial charge in [0, 0.05) is 25.7 Å². The van der Waals surface area contributed by atoms with Gasteiger partial charge in [0.05, 0.1) is 10.9 Å². The van der Waals surface area contributed by atoms with Crippen molar-refractivity contribution >= 4 is 16.9 Å². The number of fused-ring (bicyclic) bond motifs is 1. The Balaban J connectivity index is 2.46. The number of aromatic nitrogens is 3. The van der Waals surface area contributed by atoms with E-state index in [0.717, 1.165) is 18.5 Å². The standard InChI is InChI=1S/C13H14N4O3/c1-14-11(18)7-5-8(6-3-4-6)15-10-9(7)12(19)16-13(20)17(10)2/h5-6H,3-4H2,1-2H3,(H,14,18)(H,16,19,20). The second-order valence-electron chi connectivity index (χ2n) is 4.96. The maximum absolute atomic E-state index is 12.0. The van der Waals surface area contributed by atoms with Crippen LogP contribution in [-0.2, 0) is 7.05 Å². The Labute approximate surface area is 113 Å². The Hall–Kier alpha value is -2.44. The van der Waals surface area contributed by atoms with Crippen LogP contribution in [0.2, 0.25) is 0 Å². The summed E-state index contributed by atoms with van der Waals surface area (Å²) >= 11 is 0. The smallest absolute Gasteiger partial charge is 0.329 e. The Kier molecular flexibility index (Phi) is 2.70. The van der Waals surface area contributed by atoms with Gasteiger partial charge in [-0.25, -0.2) is 9.78 Å². The zero-order valence-corrected chi connectivity index (χ0v) is 11.2. The first-order valence-electron chi connectivity index (χ1n) is 6.39. The van der Waals surface area contributed by atoms with Crippen molar-refractivity contribution in [3.8, 4) is 0 Å². The van der Waals surface area contributed by atoms with Crippen LogP contribution in [0.3, 0.4) is 0 Å². The van der Waals surface area contributed by atoms with Gasteiger partial charge in [-0.2, -0.15) is 0 Å². The van der Waals surface area contributed by atoms with Crippen molar-refractivity contribution in [3.05, 3.63) is 38.2 Å². The van der Waals surface area contributed by atoms with Gasteiger partial charge >= 0.3 is 5.69 Å². The van der Waals surface area contributed by atoms with E-state index in [1.807, 2.05) is 0 Å². The molecule has 20 heavy (non-hydrogen) atoms. The molecular weight excluding hydrogens is 260 g/mol. The van der Waals surface area contributed by atoms with E-state index < -0.39 is 11.2 Å². The molecule has 104 valence electrons. The van der Waals surface area contributed by atoms with Crippen molar-refractivity contribution in [1.82, 2.24) is 19.9 Å². The third-order valence-electron chi connectivity index (χ3n) is 3.56. The van der Waals surface area contributed by atoms with Crippen LogP contribution >= 0.6 is 0 Å². The minimum atomic E-state index is -0.587. The molecule has 1 aliphatic carbocycles. The molecule has 2 N–H and O–H groups in total. The number of hydrogen-bond acceptors (Lipinski definition) is 4. The highest BCUT2D eigenvalue weighted by atomic mass is 16.2. The molecular formula is C13H14N4O3.